The maximum atomic E-state index is 11.6. The molecule has 1 aromatic heterocycles. The highest BCUT2D eigenvalue weighted by atomic mass is 16.4. The molecule has 1 aliphatic carbocycles. The third-order valence-electron chi connectivity index (χ3n) is 7.73. The van der Waals surface area contributed by atoms with Crippen LogP contribution < -0.4 is 0 Å². The van der Waals surface area contributed by atoms with Gasteiger partial charge in [-0.05, 0) is 37.7 Å². The van der Waals surface area contributed by atoms with Crippen molar-refractivity contribution in [2.24, 2.45) is 11.3 Å². The topological polar surface area (TPSA) is 78.6 Å². The van der Waals surface area contributed by atoms with Crippen LogP contribution in [0.25, 0.3) is 11.3 Å². The van der Waals surface area contributed by atoms with E-state index in [0.717, 1.165) is 37.8 Å². The van der Waals surface area contributed by atoms with E-state index in [1.165, 1.54) is 11.1 Å². The second kappa shape index (κ2) is 5.13. The molecule has 6 rings (SSSR count). The lowest BCUT2D eigenvalue weighted by molar-refractivity contribution is -0.166. The number of aliphatic hydroxyl groups excluding tert-OH is 1. The Labute approximate surface area is 157 Å². The highest BCUT2D eigenvalue weighted by molar-refractivity contribution is 5.69. The van der Waals surface area contributed by atoms with Crippen LogP contribution in [0.1, 0.15) is 43.7 Å². The number of imidazole rings is 1. The van der Waals surface area contributed by atoms with Crippen LogP contribution in [-0.4, -0.2) is 48.9 Å². The molecule has 0 radical (unpaired) electrons. The quantitative estimate of drug-likeness (QED) is 0.814. The number of rotatable bonds is 1. The van der Waals surface area contributed by atoms with Gasteiger partial charge in [-0.25, -0.2) is 9.78 Å². The Morgan fingerprint density at radius 1 is 1.15 bits per heavy atom. The lowest BCUT2D eigenvalue weighted by atomic mass is 9.51. The highest BCUT2D eigenvalue weighted by Gasteiger charge is 2.62. The van der Waals surface area contributed by atoms with Crippen molar-refractivity contribution < 1.29 is 15.0 Å². The van der Waals surface area contributed by atoms with E-state index in [9.17, 15) is 15.0 Å². The van der Waals surface area contributed by atoms with Crippen LogP contribution in [0.2, 0.25) is 0 Å². The smallest absolute Gasteiger partial charge is 0.407 e. The van der Waals surface area contributed by atoms with E-state index in [2.05, 4.69) is 33.8 Å². The van der Waals surface area contributed by atoms with E-state index in [4.69, 9.17) is 0 Å². The molecule has 6 heteroatoms. The maximum absolute atomic E-state index is 11.6. The molecule has 2 saturated heterocycles. The first kappa shape index (κ1) is 15.7. The number of hydrogen-bond donors (Lipinski definition) is 2. The largest absolute Gasteiger partial charge is 0.465 e. The first-order valence-electron chi connectivity index (χ1n) is 9.89. The third-order valence-corrected chi connectivity index (χ3v) is 7.73. The Balaban J connectivity index is 1.31. The molecule has 6 nitrogen and oxygen atoms in total. The van der Waals surface area contributed by atoms with Gasteiger partial charge in [-0.3, -0.25) is 0 Å². The zero-order valence-corrected chi connectivity index (χ0v) is 15.0. The lowest BCUT2D eigenvalue weighted by Gasteiger charge is -2.59. The summed E-state index contributed by atoms with van der Waals surface area (Å²) in [7, 11) is 0. The van der Waals surface area contributed by atoms with E-state index >= 15 is 0 Å². The summed E-state index contributed by atoms with van der Waals surface area (Å²) in [4.78, 5) is 17.6. The Morgan fingerprint density at radius 3 is 2.59 bits per heavy atom. The van der Waals surface area contributed by atoms with Gasteiger partial charge in [0, 0.05) is 29.0 Å². The van der Waals surface area contributed by atoms with E-state index in [0.29, 0.717) is 0 Å². The van der Waals surface area contributed by atoms with Crippen molar-refractivity contribution in [3.8, 4) is 11.3 Å². The molecule has 6 atom stereocenters. The summed E-state index contributed by atoms with van der Waals surface area (Å²) in [6, 6.07) is 8.72. The molecule has 3 aliphatic heterocycles. The molecule has 4 aliphatic rings. The third kappa shape index (κ3) is 1.89. The monoisotopic (exact) mass is 365 g/mol. The minimum atomic E-state index is -0.796. The first-order chi connectivity index (χ1) is 13.1. The molecule has 1 spiro atoms. The van der Waals surface area contributed by atoms with Gasteiger partial charge in [-0.2, -0.15) is 0 Å². The number of nitrogens with zero attached hydrogens (tertiary/aromatic N) is 3. The molecule has 2 aromatic rings. The molecule has 27 heavy (non-hydrogen) atoms. The van der Waals surface area contributed by atoms with Crippen molar-refractivity contribution in [1.82, 2.24) is 14.5 Å². The number of amides is 1. The molecule has 1 amide bonds. The maximum Gasteiger partial charge on any atom is 0.407 e. The number of piperidine rings is 1. The lowest BCUT2D eigenvalue weighted by Crippen LogP contribution is -2.62. The number of fused-ring (bicyclic) bond motifs is 5. The van der Waals surface area contributed by atoms with E-state index in [-0.39, 0.29) is 35.6 Å². The van der Waals surface area contributed by atoms with Crippen molar-refractivity contribution in [3.05, 3.63) is 42.4 Å². The molecule has 3 fully saturated rings. The molecule has 0 unspecified atom stereocenters. The second-order valence-corrected chi connectivity index (χ2v) is 8.88. The predicted molar refractivity (Wildman–Crippen MR) is 98.3 cm³/mol. The summed E-state index contributed by atoms with van der Waals surface area (Å²) in [6.45, 7) is 0. The summed E-state index contributed by atoms with van der Waals surface area (Å²) in [6.07, 6.45) is 7.06. The fraction of sp³-hybridized carbons (Fsp3) is 0.524. The average Bonchev–Trinajstić information content (AvgIpc) is 3.32. The van der Waals surface area contributed by atoms with Crippen LogP contribution in [0.4, 0.5) is 4.79 Å². The van der Waals surface area contributed by atoms with E-state index in [1.54, 1.807) is 4.90 Å². The van der Waals surface area contributed by atoms with Gasteiger partial charge in [0.15, 0.2) is 0 Å². The van der Waals surface area contributed by atoms with Crippen LogP contribution in [0.3, 0.4) is 0 Å². The summed E-state index contributed by atoms with van der Waals surface area (Å²) < 4.78 is 2.21. The molecule has 2 bridgehead atoms. The first-order valence-corrected chi connectivity index (χ1v) is 9.89. The highest BCUT2D eigenvalue weighted by Crippen LogP contribution is 2.62. The number of aliphatic hydroxyl groups is 1. The molecule has 140 valence electrons. The fourth-order valence-corrected chi connectivity index (χ4v) is 6.69. The van der Waals surface area contributed by atoms with Crippen LogP contribution in [0, 0.1) is 11.3 Å². The molecule has 1 aromatic carbocycles. The van der Waals surface area contributed by atoms with Gasteiger partial charge in [-0.1, -0.05) is 24.3 Å². The Kier molecular flexibility index (Phi) is 2.98. The van der Waals surface area contributed by atoms with Gasteiger partial charge in [0.1, 0.15) is 0 Å². The standard InChI is InChI=1S/C21H23N3O3/c25-19-16(9-21(19)7-12-5-6-13(8-21)24(12)20(26)27)18-15-4-2-1-3-14(15)17-10-22-11-23(17)18/h1-4,10-13,16,18-19,25H,5-9H2,(H,26,27)/t12-,13+,16-,18-,19-,21-/m1/s1. The number of carbonyl (C=O) groups is 1. The van der Waals surface area contributed by atoms with Gasteiger partial charge >= 0.3 is 6.09 Å². The number of benzene rings is 1. The SMILES string of the molecule is O=C(O)N1[C@@H]2CC[C@H]1C[C@@]1(C[C@H]([C@H]3c4ccccc4-c4cncn43)[C@H]1O)C2. The van der Waals surface area contributed by atoms with Crippen molar-refractivity contribution in [2.75, 3.05) is 0 Å². The van der Waals surface area contributed by atoms with Crippen molar-refractivity contribution in [2.45, 2.75) is 56.3 Å². The second-order valence-electron chi connectivity index (χ2n) is 8.88. The van der Waals surface area contributed by atoms with Crippen LogP contribution in [0.5, 0.6) is 0 Å². The van der Waals surface area contributed by atoms with Crippen molar-refractivity contribution in [3.63, 3.8) is 0 Å². The summed E-state index contributed by atoms with van der Waals surface area (Å²) in [5, 5.41) is 20.8. The van der Waals surface area contributed by atoms with Crippen molar-refractivity contribution >= 4 is 6.09 Å². The molecule has 4 heterocycles. The molecule has 1 saturated carbocycles. The van der Waals surface area contributed by atoms with E-state index in [1.807, 2.05) is 12.5 Å². The van der Waals surface area contributed by atoms with Crippen LogP contribution in [-0.2, 0) is 0 Å². The minimum absolute atomic E-state index is 0.0801. The van der Waals surface area contributed by atoms with Crippen molar-refractivity contribution in [1.29, 1.82) is 0 Å². The Morgan fingerprint density at radius 2 is 1.89 bits per heavy atom. The van der Waals surface area contributed by atoms with Gasteiger partial charge < -0.3 is 19.7 Å². The normalized spacial score (nSPS) is 38.6. The number of carboxylic acid groups (broad SMARTS) is 1. The van der Waals surface area contributed by atoms with Gasteiger partial charge in [-0.15, -0.1) is 0 Å². The van der Waals surface area contributed by atoms with Gasteiger partial charge in [0.25, 0.3) is 0 Å². The zero-order chi connectivity index (χ0) is 18.3. The minimum Gasteiger partial charge on any atom is -0.465 e. The fourth-order valence-electron chi connectivity index (χ4n) is 6.69. The molecular weight excluding hydrogens is 342 g/mol. The number of aromatic nitrogens is 2. The van der Waals surface area contributed by atoms with Gasteiger partial charge in [0.2, 0.25) is 0 Å². The predicted octanol–water partition coefficient (Wildman–Crippen LogP) is 3.12. The van der Waals surface area contributed by atoms with Crippen LogP contribution >= 0.6 is 0 Å². The van der Waals surface area contributed by atoms with Gasteiger partial charge in [0.05, 0.1) is 30.4 Å². The Bertz CT molecular complexity index is 924. The average molecular weight is 365 g/mol. The van der Waals surface area contributed by atoms with Crippen LogP contribution in [0.15, 0.2) is 36.8 Å². The summed E-state index contributed by atoms with van der Waals surface area (Å²) >= 11 is 0. The van der Waals surface area contributed by atoms with E-state index < -0.39 is 6.09 Å². The number of hydrogen-bond acceptors (Lipinski definition) is 3. The summed E-state index contributed by atoms with van der Waals surface area (Å²) in [5.41, 5.74) is 3.51. The summed E-state index contributed by atoms with van der Waals surface area (Å²) in [5.74, 6) is 0.164. The molecular formula is C21H23N3O3. The Hall–Kier alpha value is -2.34. The zero-order valence-electron chi connectivity index (χ0n) is 15.0. The molecule has 2 N–H and O–H groups in total.